The van der Waals surface area contributed by atoms with Crippen LogP contribution in [0.3, 0.4) is 0 Å². The number of carbonyl (C=O) groups is 2. The van der Waals surface area contributed by atoms with Crippen LogP contribution in [0, 0.1) is 52.3 Å². The Balaban J connectivity index is 0.939. The lowest BCUT2D eigenvalue weighted by atomic mass is 9.51. The van der Waals surface area contributed by atoms with Gasteiger partial charge in [-0.3, -0.25) is 9.69 Å². The number of esters is 1. The molecule has 350 valence electrons. The molecule has 61 heavy (non-hydrogen) atoms. The van der Waals surface area contributed by atoms with E-state index in [1.54, 1.807) is 0 Å². The van der Waals surface area contributed by atoms with E-state index in [1.165, 1.54) is 129 Å². The second-order valence-electron chi connectivity index (χ2n) is 23.2. The molecular weight excluding hydrogens is 759 g/mol. The Kier molecular flexibility index (Phi) is 17.0. The van der Waals surface area contributed by atoms with E-state index >= 15 is 0 Å². The first kappa shape index (κ1) is 47.6. The van der Waals surface area contributed by atoms with Gasteiger partial charge in [0.25, 0.3) is 0 Å². The topological polar surface area (TPSA) is 74.3 Å². The molecule has 0 N–H and O–H groups in total. The van der Waals surface area contributed by atoms with Gasteiger partial charge in [-0.25, -0.2) is 4.79 Å². The van der Waals surface area contributed by atoms with Crippen molar-refractivity contribution >= 4 is 12.1 Å². The number of rotatable bonds is 13. The van der Waals surface area contributed by atoms with Gasteiger partial charge in [0.2, 0.25) is 0 Å². The molecule has 0 bridgehead atoms. The normalized spacial score (nSPS) is 41.2. The zero-order chi connectivity index (χ0) is 43.1. The average Bonchev–Trinajstić information content (AvgIpc) is 3.28. The number of carbonyl (C=O) groups excluding carboxylic acids is 2. The molecule has 4 atom stereocenters. The molecule has 0 aliphatic heterocycles. The van der Waals surface area contributed by atoms with Crippen LogP contribution in [0.4, 0.5) is 4.79 Å². The van der Waals surface area contributed by atoms with Crippen molar-refractivity contribution in [1.82, 2.24) is 4.90 Å². The van der Waals surface area contributed by atoms with E-state index < -0.39 is 6.16 Å². The van der Waals surface area contributed by atoms with Crippen LogP contribution in [-0.4, -0.2) is 66.7 Å². The fourth-order valence-electron chi connectivity index (χ4n) is 15.8. The van der Waals surface area contributed by atoms with Gasteiger partial charge in [0.05, 0.1) is 6.10 Å². The summed E-state index contributed by atoms with van der Waals surface area (Å²) in [5.74, 6) is 5.18. The van der Waals surface area contributed by atoms with Crippen LogP contribution in [0.1, 0.15) is 228 Å². The minimum atomic E-state index is -0.418. The van der Waals surface area contributed by atoms with Crippen LogP contribution < -0.4 is 0 Å². The molecule has 7 saturated carbocycles. The Hall–Kier alpha value is -1.34. The Bertz CT molecular complexity index is 1320. The largest absolute Gasteiger partial charge is 0.508 e. The third-order valence-corrected chi connectivity index (χ3v) is 20.0. The quantitative estimate of drug-likeness (QED) is 0.171. The summed E-state index contributed by atoms with van der Waals surface area (Å²) >= 11 is 0. The number of hydrogen-bond acceptors (Lipinski definition) is 7. The number of nitrogens with zero attached hydrogens (tertiary/aromatic N) is 1. The number of methoxy groups -OCH3 is 1. The van der Waals surface area contributed by atoms with E-state index in [0.29, 0.717) is 29.3 Å². The van der Waals surface area contributed by atoms with Gasteiger partial charge >= 0.3 is 12.1 Å². The summed E-state index contributed by atoms with van der Waals surface area (Å²) in [6, 6.07) is 2.34. The molecule has 0 aromatic heterocycles. The lowest BCUT2D eigenvalue weighted by molar-refractivity contribution is -0.149. The zero-order valence-corrected chi connectivity index (χ0v) is 40.5. The molecule has 0 heterocycles. The van der Waals surface area contributed by atoms with Crippen LogP contribution in [0.2, 0.25) is 0 Å². The first-order valence-corrected chi connectivity index (χ1v) is 26.7. The molecule has 0 aromatic rings. The molecule has 0 saturated heterocycles. The first-order chi connectivity index (χ1) is 29.4. The Labute approximate surface area is 374 Å². The molecule has 0 aromatic carbocycles. The molecule has 7 heteroatoms. The third kappa shape index (κ3) is 11.6. The summed E-state index contributed by atoms with van der Waals surface area (Å²) in [4.78, 5) is 28.1. The Morgan fingerprint density at radius 3 is 1.31 bits per heavy atom. The molecule has 7 nitrogen and oxygen atoms in total. The minimum absolute atomic E-state index is 0.0176. The van der Waals surface area contributed by atoms with Gasteiger partial charge in [-0.15, -0.1) is 0 Å². The fourth-order valence-corrected chi connectivity index (χ4v) is 15.8. The Morgan fingerprint density at radius 2 is 0.902 bits per heavy atom. The highest BCUT2D eigenvalue weighted by Gasteiger charge is 2.51. The van der Waals surface area contributed by atoms with Crippen molar-refractivity contribution in [3.05, 3.63) is 0 Å². The van der Waals surface area contributed by atoms with Crippen molar-refractivity contribution in [2.45, 2.75) is 270 Å². The van der Waals surface area contributed by atoms with Gasteiger partial charge in [-0.2, -0.15) is 0 Å². The maximum atomic E-state index is 13.4. The molecule has 7 aliphatic carbocycles. The van der Waals surface area contributed by atoms with Crippen molar-refractivity contribution in [3.8, 4) is 0 Å². The van der Waals surface area contributed by atoms with Crippen molar-refractivity contribution in [2.24, 2.45) is 52.3 Å². The fraction of sp³-hybridized carbons (Fsp3) is 0.963. The van der Waals surface area contributed by atoms with Crippen LogP contribution in [-0.2, 0) is 23.7 Å². The molecular formula is C54H93NO6. The van der Waals surface area contributed by atoms with Crippen molar-refractivity contribution < 1.29 is 28.5 Å². The van der Waals surface area contributed by atoms with Crippen LogP contribution in [0.5, 0.6) is 0 Å². The summed E-state index contributed by atoms with van der Waals surface area (Å²) in [5, 5.41) is 0. The highest BCUT2D eigenvalue weighted by atomic mass is 16.7. The van der Waals surface area contributed by atoms with E-state index in [2.05, 4.69) is 39.5 Å². The van der Waals surface area contributed by atoms with Gasteiger partial charge in [0, 0.05) is 32.2 Å². The first-order valence-electron chi connectivity index (χ1n) is 26.7. The lowest BCUT2D eigenvalue weighted by Crippen LogP contribution is -2.55. The number of ether oxygens (including phenoxy) is 4. The average molecular weight is 852 g/mol. The highest BCUT2D eigenvalue weighted by Crippen LogP contribution is 2.58. The lowest BCUT2D eigenvalue weighted by Gasteiger charge is -2.56. The zero-order valence-electron chi connectivity index (χ0n) is 40.5. The van der Waals surface area contributed by atoms with Crippen LogP contribution in [0.15, 0.2) is 0 Å². The standard InChI is InChI=1S/C54H93NO6/c1-8-53(5,40-16-30-49(31-17-40)59-39(4)56)41-18-32-50(33-19-41)60-52(57)61-51-34-22-43(23-35-51)54(6,42-20-28-48(58-7)29-21-42)44-10-9-11-47(36-44)55(45-24-12-37(2)13-25-45)46-26-14-38(3)15-27-46/h37-38,40-51H,8-36H2,1-7H3. The van der Waals surface area contributed by atoms with Crippen molar-refractivity contribution in [1.29, 1.82) is 0 Å². The SMILES string of the molecule is CCC(C)(C1CCC(OC(C)=O)CC1)C1CCC(OC(=O)OC2CCC(C(C)(C3CCC(OC)CC3)C3CCCC(N(C4CCC(C)CC4)C4CCC(C)CC4)C3)CC2)CC1. The van der Waals surface area contributed by atoms with Crippen LogP contribution >= 0.6 is 0 Å². The summed E-state index contributed by atoms with van der Waals surface area (Å²) in [6.45, 7) is 14.1. The Morgan fingerprint density at radius 1 is 0.492 bits per heavy atom. The summed E-state index contributed by atoms with van der Waals surface area (Å²) < 4.78 is 23.8. The predicted octanol–water partition coefficient (Wildman–Crippen LogP) is 14.0. The van der Waals surface area contributed by atoms with Gasteiger partial charge in [-0.1, -0.05) is 47.5 Å². The molecule has 0 amide bonds. The number of hydrogen-bond donors (Lipinski definition) is 0. The van der Waals surface area contributed by atoms with E-state index in [9.17, 15) is 9.59 Å². The van der Waals surface area contributed by atoms with Gasteiger partial charge in [-0.05, 0) is 226 Å². The second-order valence-corrected chi connectivity index (χ2v) is 23.2. The summed E-state index contributed by atoms with van der Waals surface area (Å²) in [7, 11) is 1.92. The maximum absolute atomic E-state index is 13.4. The van der Waals surface area contributed by atoms with Gasteiger partial charge < -0.3 is 18.9 Å². The van der Waals surface area contributed by atoms with E-state index in [4.69, 9.17) is 18.9 Å². The monoisotopic (exact) mass is 852 g/mol. The van der Waals surface area contributed by atoms with Crippen molar-refractivity contribution in [2.75, 3.05) is 7.11 Å². The van der Waals surface area contributed by atoms with E-state index in [0.717, 1.165) is 106 Å². The van der Waals surface area contributed by atoms with Gasteiger partial charge in [0.15, 0.2) is 0 Å². The second kappa shape index (κ2) is 21.8. The predicted molar refractivity (Wildman–Crippen MR) is 246 cm³/mol. The maximum Gasteiger partial charge on any atom is 0.508 e. The summed E-state index contributed by atoms with van der Waals surface area (Å²) in [6.07, 6.45) is 35.9. The third-order valence-electron chi connectivity index (χ3n) is 20.0. The van der Waals surface area contributed by atoms with Crippen molar-refractivity contribution in [3.63, 3.8) is 0 Å². The molecule has 7 aliphatic rings. The van der Waals surface area contributed by atoms with Gasteiger partial charge in [0.1, 0.15) is 18.3 Å². The molecule has 0 spiro atoms. The molecule has 0 radical (unpaired) electrons. The molecule has 7 fully saturated rings. The molecule has 7 rings (SSSR count). The van der Waals surface area contributed by atoms with Crippen LogP contribution in [0.25, 0.3) is 0 Å². The van der Waals surface area contributed by atoms with E-state index in [-0.39, 0.29) is 29.7 Å². The van der Waals surface area contributed by atoms with E-state index in [1.807, 2.05) is 7.11 Å². The minimum Gasteiger partial charge on any atom is -0.463 e. The molecule has 4 unspecified atom stereocenters. The highest BCUT2D eigenvalue weighted by molar-refractivity contribution is 5.66. The smallest absolute Gasteiger partial charge is 0.463 e. The summed E-state index contributed by atoms with van der Waals surface area (Å²) in [5.41, 5.74) is 0.604.